The Hall–Kier alpha value is -3.31. The van der Waals surface area contributed by atoms with Crippen molar-refractivity contribution in [2.45, 2.75) is 38.6 Å². The Morgan fingerprint density at radius 2 is 1.93 bits per heavy atom. The summed E-state index contributed by atoms with van der Waals surface area (Å²) in [5, 5.41) is 7.93. The number of fused-ring (bicyclic) bond motifs is 1. The van der Waals surface area contributed by atoms with Crippen molar-refractivity contribution in [3.05, 3.63) is 61.9 Å². The molecule has 2 heterocycles. The zero-order chi connectivity index (χ0) is 22.2. The summed E-state index contributed by atoms with van der Waals surface area (Å²) in [6.07, 6.45) is 1.92. The molecule has 1 aromatic carbocycles. The van der Waals surface area contributed by atoms with E-state index in [1.54, 1.807) is 13.8 Å². The highest BCUT2D eigenvalue weighted by molar-refractivity contribution is 7.89. The number of aromatic amines is 1. The lowest BCUT2D eigenvalue weighted by atomic mass is 10.1. The number of hydrogen-bond donors (Lipinski definition) is 3. The predicted octanol–water partition coefficient (Wildman–Crippen LogP) is 1.01. The van der Waals surface area contributed by atoms with Crippen LogP contribution in [0.5, 0.6) is 0 Å². The third-order valence-electron chi connectivity index (χ3n) is 4.76. The minimum atomic E-state index is -3.96. The van der Waals surface area contributed by atoms with E-state index >= 15 is 0 Å². The van der Waals surface area contributed by atoms with Crippen molar-refractivity contribution in [2.24, 2.45) is 5.14 Å². The summed E-state index contributed by atoms with van der Waals surface area (Å²) < 4.78 is 24.7. The van der Waals surface area contributed by atoms with Crippen molar-refractivity contribution < 1.29 is 13.2 Å². The first-order chi connectivity index (χ1) is 14.0. The fourth-order valence-corrected chi connectivity index (χ4v) is 3.66. The van der Waals surface area contributed by atoms with Gasteiger partial charge in [-0.2, -0.15) is 0 Å². The molecule has 3 aromatic rings. The van der Waals surface area contributed by atoms with Gasteiger partial charge in [-0.1, -0.05) is 6.92 Å². The second-order valence-electron chi connectivity index (χ2n) is 6.92. The lowest BCUT2D eigenvalue weighted by Gasteiger charge is -2.13. The number of primary sulfonamides is 1. The van der Waals surface area contributed by atoms with Crippen molar-refractivity contribution in [3.63, 3.8) is 0 Å². The van der Waals surface area contributed by atoms with Crippen molar-refractivity contribution in [1.29, 1.82) is 0 Å². The van der Waals surface area contributed by atoms with E-state index in [1.807, 2.05) is 6.92 Å². The van der Waals surface area contributed by atoms with Gasteiger partial charge < -0.3 is 5.32 Å². The number of hydrogen-bond acceptors (Lipinski definition) is 6. The number of aromatic nitrogens is 3. The molecule has 158 valence electrons. The third-order valence-corrected chi connectivity index (χ3v) is 5.65. The maximum atomic E-state index is 12.8. The molecule has 0 unspecified atom stereocenters. The molecule has 0 bridgehead atoms. The molecule has 30 heavy (non-hydrogen) atoms. The average molecular weight is 431 g/mol. The number of carbonyl (C=O) groups is 1. The van der Waals surface area contributed by atoms with Crippen molar-refractivity contribution >= 4 is 32.7 Å². The topological polar surface area (TPSA) is 157 Å². The molecule has 0 aliphatic heterocycles. The summed E-state index contributed by atoms with van der Waals surface area (Å²) in [5.74, 6) is -0.592. The van der Waals surface area contributed by atoms with Gasteiger partial charge >= 0.3 is 5.69 Å². The first kappa shape index (κ1) is 21.4. The number of nitrogens with zero attached hydrogens (tertiary/aromatic N) is 2. The minimum Gasteiger partial charge on any atom is -0.322 e. The summed E-state index contributed by atoms with van der Waals surface area (Å²) in [6, 6.07) is 4.04. The molecule has 1 amide bonds. The lowest BCUT2D eigenvalue weighted by Crippen LogP contribution is -2.31. The van der Waals surface area contributed by atoms with Crippen LogP contribution < -0.4 is 21.7 Å². The molecule has 2 aromatic heterocycles. The highest BCUT2D eigenvalue weighted by Crippen LogP contribution is 2.24. The standard InChI is InChI=1S/C19H21N5O5S/c1-4-5-24-16-14(18(26)23-19(24)27)7-12(9-21-16)17(25)22-15-8-13(30(20,28)29)6-10(2)11(15)3/h6-9H,4-5H2,1-3H3,(H,22,25)(H2,20,28,29)(H,23,26,27). The number of H-pyrrole nitrogens is 1. The Kier molecular flexibility index (Phi) is 5.59. The van der Waals surface area contributed by atoms with Gasteiger partial charge in [-0.25, -0.2) is 23.3 Å². The summed E-state index contributed by atoms with van der Waals surface area (Å²) in [5.41, 5.74) is 0.623. The smallest absolute Gasteiger partial charge is 0.322 e. The van der Waals surface area contributed by atoms with Crippen molar-refractivity contribution in [1.82, 2.24) is 14.5 Å². The maximum Gasteiger partial charge on any atom is 0.329 e. The van der Waals surface area contributed by atoms with E-state index in [2.05, 4.69) is 15.3 Å². The average Bonchev–Trinajstić information content (AvgIpc) is 2.67. The third kappa shape index (κ3) is 4.02. The number of nitrogens with one attached hydrogen (secondary N) is 2. The molecule has 0 saturated carbocycles. The van der Waals surface area contributed by atoms with Crippen LogP contribution in [0.2, 0.25) is 0 Å². The van der Waals surface area contributed by atoms with Crippen molar-refractivity contribution in [2.75, 3.05) is 5.32 Å². The van der Waals surface area contributed by atoms with Crippen LogP contribution in [-0.4, -0.2) is 28.9 Å². The zero-order valence-corrected chi connectivity index (χ0v) is 17.5. The zero-order valence-electron chi connectivity index (χ0n) is 16.6. The lowest BCUT2D eigenvalue weighted by molar-refractivity contribution is 0.102. The number of carbonyl (C=O) groups excluding carboxylic acids is 1. The number of rotatable bonds is 5. The van der Waals surface area contributed by atoms with Crippen LogP contribution in [0.4, 0.5) is 5.69 Å². The van der Waals surface area contributed by atoms with Gasteiger partial charge in [-0.3, -0.25) is 19.1 Å². The van der Waals surface area contributed by atoms with Gasteiger partial charge in [-0.15, -0.1) is 0 Å². The molecule has 10 nitrogen and oxygen atoms in total. The van der Waals surface area contributed by atoms with Crippen LogP contribution in [0, 0.1) is 13.8 Å². The summed E-state index contributed by atoms with van der Waals surface area (Å²) >= 11 is 0. The van der Waals surface area contributed by atoms with Crippen LogP contribution in [0.3, 0.4) is 0 Å². The number of nitrogens with two attached hydrogens (primary N) is 1. The quantitative estimate of drug-likeness (QED) is 0.547. The molecule has 11 heteroatoms. The van der Waals surface area contributed by atoms with Crippen LogP contribution in [0.25, 0.3) is 11.0 Å². The van der Waals surface area contributed by atoms with Gasteiger partial charge in [0.15, 0.2) is 0 Å². The van der Waals surface area contributed by atoms with Crippen LogP contribution in [0.1, 0.15) is 34.8 Å². The van der Waals surface area contributed by atoms with Gasteiger partial charge in [0.25, 0.3) is 11.5 Å². The van der Waals surface area contributed by atoms with Crippen LogP contribution in [-0.2, 0) is 16.6 Å². The molecule has 0 spiro atoms. The minimum absolute atomic E-state index is 0.0766. The van der Waals surface area contributed by atoms with E-state index in [-0.39, 0.29) is 27.2 Å². The summed E-state index contributed by atoms with van der Waals surface area (Å²) in [6.45, 7) is 5.67. The van der Waals surface area contributed by atoms with Gasteiger partial charge in [-0.05, 0) is 49.6 Å². The molecule has 0 aliphatic carbocycles. The Morgan fingerprint density at radius 1 is 1.23 bits per heavy atom. The fourth-order valence-electron chi connectivity index (χ4n) is 3.04. The number of aryl methyl sites for hydroxylation is 2. The van der Waals surface area contributed by atoms with E-state index in [0.717, 1.165) is 0 Å². The highest BCUT2D eigenvalue weighted by Gasteiger charge is 2.17. The van der Waals surface area contributed by atoms with Gasteiger partial charge in [0.1, 0.15) is 5.65 Å². The Bertz CT molecular complexity index is 1390. The molecule has 0 saturated heterocycles. The monoisotopic (exact) mass is 431 g/mol. The van der Waals surface area contributed by atoms with Crippen LogP contribution in [0.15, 0.2) is 38.9 Å². The van der Waals surface area contributed by atoms with E-state index in [4.69, 9.17) is 5.14 Å². The molecule has 0 atom stereocenters. The second-order valence-corrected chi connectivity index (χ2v) is 8.48. The van der Waals surface area contributed by atoms with Crippen molar-refractivity contribution in [3.8, 4) is 0 Å². The molecular formula is C19H21N5O5S. The molecule has 0 radical (unpaired) electrons. The van der Waals surface area contributed by atoms with Crippen LogP contribution >= 0.6 is 0 Å². The number of anilines is 1. The number of pyridine rings is 1. The molecule has 0 aliphatic rings. The Morgan fingerprint density at radius 3 is 2.57 bits per heavy atom. The number of amides is 1. The molecule has 4 N–H and O–H groups in total. The highest BCUT2D eigenvalue weighted by atomic mass is 32.2. The predicted molar refractivity (Wildman–Crippen MR) is 112 cm³/mol. The summed E-state index contributed by atoms with van der Waals surface area (Å²) in [7, 11) is -3.96. The summed E-state index contributed by atoms with van der Waals surface area (Å²) in [4.78, 5) is 43.2. The molecule has 0 fully saturated rings. The number of sulfonamides is 1. The Balaban J connectivity index is 2.06. The van der Waals surface area contributed by atoms with Gasteiger partial charge in [0, 0.05) is 18.4 Å². The first-order valence-corrected chi connectivity index (χ1v) is 10.7. The second kappa shape index (κ2) is 7.84. The first-order valence-electron chi connectivity index (χ1n) is 9.11. The van der Waals surface area contributed by atoms with E-state index in [0.29, 0.717) is 24.1 Å². The maximum absolute atomic E-state index is 12.8. The molecular weight excluding hydrogens is 410 g/mol. The SMILES string of the molecule is CCCn1c(=O)[nH]c(=O)c2cc(C(=O)Nc3cc(S(N)(=O)=O)cc(C)c3C)cnc21. The fraction of sp³-hybridized carbons (Fsp3) is 0.263. The van der Waals surface area contributed by atoms with E-state index < -0.39 is 27.2 Å². The molecule has 3 rings (SSSR count). The van der Waals surface area contributed by atoms with E-state index in [9.17, 15) is 22.8 Å². The number of benzene rings is 1. The van der Waals surface area contributed by atoms with Gasteiger partial charge in [0.05, 0.1) is 15.8 Å². The Labute approximate surface area is 171 Å². The van der Waals surface area contributed by atoms with Gasteiger partial charge in [0.2, 0.25) is 10.0 Å². The van der Waals surface area contributed by atoms with E-state index in [1.165, 1.54) is 29.0 Å². The largest absolute Gasteiger partial charge is 0.329 e. The normalized spacial score (nSPS) is 11.6.